The molecule has 6 heteroatoms. The van der Waals surface area contributed by atoms with Crippen LogP contribution in [0.1, 0.15) is 12.8 Å². The Morgan fingerprint density at radius 3 is 2.45 bits per heavy atom. The zero-order valence-corrected chi connectivity index (χ0v) is 12.4. The molecule has 1 aromatic carbocycles. The average molecular weight is 342 g/mol. The molecule has 1 fully saturated rings. The number of carboxylic acids is 1. The third-order valence-electron chi connectivity index (χ3n) is 3.41. The normalized spacial score (nSPS) is 20.9. The molecule has 0 saturated heterocycles. The van der Waals surface area contributed by atoms with E-state index in [1.807, 2.05) is 24.3 Å². The molecular formula is C14H16BrNO4. The molecule has 1 aromatic rings. The van der Waals surface area contributed by atoms with E-state index in [4.69, 9.17) is 9.84 Å². The first-order chi connectivity index (χ1) is 9.58. The zero-order valence-electron chi connectivity index (χ0n) is 10.8. The van der Waals surface area contributed by atoms with Gasteiger partial charge in [-0.05, 0) is 37.1 Å². The fraction of sp³-hybridized carbons (Fsp3) is 0.429. The number of carbonyl (C=O) groups excluding carboxylic acids is 1. The second-order valence-corrected chi connectivity index (χ2v) is 5.64. The minimum Gasteiger partial charge on any atom is -0.492 e. The lowest BCUT2D eigenvalue weighted by Gasteiger charge is -2.31. The van der Waals surface area contributed by atoms with Crippen molar-refractivity contribution in [2.75, 3.05) is 13.2 Å². The molecule has 0 spiro atoms. The summed E-state index contributed by atoms with van der Waals surface area (Å²) >= 11 is 3.33. The van der Waals surface area contributed by atoms with E-state index in [0.29, 0.717) is 26.0 Å². The van der Waals surface area contributed by atoms with Gasteiger partial charge in [0, 0.05) is 4.47 Å². The quantitative estimate of drug-likeness (QED) is 0.776. The minimum atomic E-state index is -0.887. The maximum absolute atomic E-state index is 11.8. The smallest absolute Gasteiger partial charge is 0.307 e. The number of carbonyl (C=O) groups is 2. The summed E-state index contributed by atoms with van der Waals surface area (Å²) < 4.78 is 6.44. The van der Waals surface area contributed by atoms with Gasteiger partial charge in [-0.1, -0.05) is 15.9 Å². The molecule has 0 bridgehead atoms. The Balaban J connectivity index is 1.67. The van der Waals surface area contributed by atoms with Gasteiger partial charge in [0.05, 0.1) is 18.4 Å². The summed E-state index contributed by atoms with van der Waals surface area (Å²) in [6.45, 7) is 0.732. The van der Waals surface area contributed by atoms with Crippen molar-refractivity contribution in [3.63, 3.8) is 0 Å². The standard InChI is InChI=1S/C14H16BrNO4/c15-9-1-3-10(4-2-9)20-8-7-16-13(17)11-5-6-12(11)14(18)19/h1-4,11-12H,5-8H2,(H,16,17)(H,18,19). The van der Waals surface area contributed by atoms with E-state index in [1.54, 1.807) is 0 Å². The van der Waals surface area contributed by atoms with Crippen LogP contribution in [-0.2, 0) is 9.59 Å². The van der Waals surface area contributed by atoms with Crippen molar-refractivity contribution in [1.82, 2.24) is 5.32 Å². The molecule has 2 atom stereocenters. The maximum Gasteiger partial charge on any atom is 0.307 e. The Kier molecular flexibility index (Phi) is 5.00. The number of carboxylic acid groups (broad SMARTS) is 1. The van der Waals surface area contributed by atoms with Crippen molar-refractivity contribution in [1.29, 1.82) is 0 Å². The van der Waals surface area contributed by atoms with Crippen LogP contribution in [0.25, 0.3) is 0 Å². The molecule has 20 heavy (non-hydrogen) atoms. The Hall–Kier alpha value is -1.56. The molecule has 2 unspecified atom stereocenters. The first-order valence-corrected chi connectivity index (χ1v) is 7.26. The van der Waals surface area contributed by atoms with Gasteiger partial charge in [-0.15, -0.1) is 0 Å². The van der Waals surface area contributed by atoms with Crippen LogP contribution in [0.3, 0.4) is 0 Å². The number of hydrogen-bond donors (Lipinski definition) is 2. The van der Waals surface area contributed by atoms with Crippen molar-refractivity contribution < 1.29 is 19.4 Å². The average Bonchev–Trinajstić information content (AvgIpc) is 2.34. The van der Waals surface area contributed by atoms with Crippen molar-refractivity contribution in [3.05, 3.63) is 28.7 Å². The third kappa shape index (κ3) is 3.72. The van der Waals surface area contributed by atoms with Gasteiger partial charge in [0.2, 0.25) is 5.91 Å². The lowest BCUT2D eigenvalue weighted by molar-refractivity contribution is -0.152. The second-order valence-electron chi connectivity index (χ2n) is 4.72. The van der Waals surface area contributed by atoms with Crippen LogP contribution in [0, 0.1) is 11.8 Å². The number of aliphatic carboxylic acids is 1. The van der Waals surface area contributed by atoms with Gasteiger partial charge in [-0.3, -0.25) is 9.59 Å². The number of hydrogen-bond acceptors (Lipinski definition) is 3. The van der Waals surface area contributed by atoms with Crippen molar-refractivity contribution in [2.45, 2.75) is 12.8 Å². The highest BCUT2D eigenvalue weighted by Crippen LogP contribution is 2.34. The summed E-state index contributed by atoms with van der Waals surface area (Å²) in [4.78, 5) is 22.6. The number of halogens is 1. The van der Waals surface area contributed by atoms with Gasteiger partial charge in [0.1, 0.15) is 12.4 Å². The largest absolute Gasteiger partial charge is 0.492 e. The Morgan fingerprint density at radius 1 is 1.25 bits per heavy atom. The highest BCUT2D eigenvalue weighted by Gasteiger charge is 2.41. The van der Waals surface area contributed by atoms with Gasteiger partial charge in [0.25, 0.3) is 0 Å². The zero-order chi connectivity index (χ0) is 14.5. The molecule has 5 nitrogen and oxygen atoms in total. The summed E-state index contributed by atoms with van der Waals surface area (Å²) in [7, 11) is 0. The molecule has 0 radical (unpaired) electrons. The van der Waals surface area contributed by atoms with E-state index in [2.05, 4.69) is 21.2 Å². The highest BCUT2D eigenvalue weighted by atomic mass is 79.9. The number of amides is 1. The molecule has 108 valence electrons. The number of rotatable bonds is 6. The summed E-state index contributed by atoms with van der Waals surface area (Å²) in [6, 6.07) is 7.41. The Bertz CT molecular complexity index is 488. The third-order valence-corrected chi connectivity index (χ3v) is 3.94. The van der Waals surface area contributed by atoms with Gasteiger partial charge >= 0.3 is 5.97 Å². The van der Waals surface area contributed by atoms with Gasteiger partial charge in [-0.25, -0.2) is 0 Å². The maximum atomic E-state index is 11.8. The SMILES string of the molecule is O=C(O)C1CCC1C(=O)NCCOc1ccc(Br)cc1. The lowest BCUT2D eigenvalue weighted by atomic mass is 9.73. The van der Waals surface area contributed by atoms with Crippen LogP contribution < -0.4 is 10.1 Å². The number of benzene rings is 1. The second kappa shape index (κ2) is 6.74. The number of ether oxygens (including phenoxy) is 1. The fourth-order valence-corrected chi connectivity index (χ4v) is 2.38. The first-order valence-electron chi connectivity index (χ1n) is 6.47. The molecule has 1 aliphatic carbocycles. The molecule has 1 saturated carbocycles. The molecular weight excluding hydrogens is 326 g/mol. The van der Waals surface area contributed by atoms with Crippen LogP contribution in [0.5, 0.6) is 5.75 Å². The predicted molar refractivity (Wildman–Crippen MR) is 76.5 cm³/mol. The summed E-state index contributed by atoms with van der Waals surface area (Å²) in [5, 5.41) is 11.6. The predicted octanol–water partition coefficient (Wildman–Crippen LogP) is 2.05. The van der Waals surface area contributed by atoms with Crippen LogP contribution >= 0.6 is 15.9 Å². The van der Waals surface area contributed by atoms with Gasteiger partial charge in [-0.2, -0.15) is 0 Å². The minimum absolute atomic E-state index is 0.192. The molecule has 2 rings (SSSR count). The monoisotopic (exact) mass is 341 g/mol. The molecule has 0 aliphatic heterocycles. The molecule has 0 heterocycles. The van der Waals surface area contributed by atoms with E-state index in [0.717, 1.165) is 10.2 Å². The number of nitrogens with one attached hydrogen (secondary N) is 1. The van der Waals surface area contributed by atoms with Crippen LogP contribution in [-0.4, -0.2) is 30.1 Å². The first kappa shape index (κ1) is 14.8. The van der Waals surface area contributed by atoms with E-state index in [-0.39, 0.29) is 11.8 Å². The van der Waals surface area contributed by atoms with Crippen molar-refractivity contribution in [3.8, 4) is 5.75 Å². The van der Waals surface area contributed by atoms with Crippen LogP contribution in [0.2, 0.25) is 0 Å². The molecule has 2 N–H and O–H groups in total. The van der Waals surface area contributed by atoms with Crippen molar-refractivity contribution in [2.24, 2.45) is 11.8 Å². The fourth-order valence-electron chi connectivity index (χ4n) is 2.11. The topological polar surface area (TPSA) is 75.6 Å². The van der Waals surface area contributed by atoms with Crippen molar-refractivity contribution >= 4 is 27.8 Å². The van der Waals surface area contributed by atoms with Crippen LogP contribution in [0.15, 0.2) is 28.7 Å². The summed E-state index contributed by atoms with van der Waals surface area (Å²) in [5.41, 5.74) is 0. The van der Waals surface area contributed by atoms with Gasteiger partial charge in [0.15, 0.2) is 0 Å². The van der Waals surface area contributed by atoms with Gasteiger partial charge < -0.3 is 15.2 Å². The van der Waals surface area contributed by atoms with E-state index in [1.165, 1.54) is 0 Å². The molecule has 0 aromatic heterocycles. The molecule has 1 amide bonds. The Labute approximate surface area is 125 Å². The molecule has 1 aliphatic rings. The lowest BCUT2D eigenvalue weighted by Crippen LogP contribution is -2.44. The van der Waals surface area contributed by atoms with Crippen LogP contribution in [0.4, 0.5) is 0 Å². The summed E-state index contributed by atoms with van der Waals surface area (Å²) in [5.74, 6) is -1.26. The van der Waals surface area contributed by atoms with E-state index in [9.17, 15) is 9.59 Å². The van der Waals surface area contributed by atoms with E-state index >= 15 is 0 Å². The summed E-state index contributed by atoms with van der Waals surface area (Å²) in [6.07, 6.45) is 1.24. The highest BCUT2D eigenvalue weighted by molar-refractivity contribution is 9.10. The van der Waals surface area contributed by atoms with E-state index < -0.39 is 11.9 Å². The Morgan fingerprint density at radius 2 is 1.90 bits per heavy atom.